The number of amides is 1. The molecule has 1 amide bonds. The minimum absolute atomic E-state index is 0.219. The Kier molecular flexibility index (Phi) is 4.33. The highest BCUT2D eigenvalue weighted by atomic mass is 79.9. The van der Waals surface area contributed by atoms with E-state index in [1.165, 1.54) is 25.6 Å². The number of carbonyl (C=O) groups excluding carboxylic acids is 1. The average Bonchev–Trinajstić information content (AvgIpc) is 2.47. The molecule has 0 atom stereocenters. The zero-order valence-corrected chi connectivity index (χ0v) is 12.1. The fourth-order valence-corrected chi connectivity index (χ4v) is 2.00. The molecule has 0 fully saturated rings. The molecule has 0 aliphatic carbocycles. The molecule has 5 nitrogen and oxygen atoms in total. The van der Waals surface area contributed by atoms with Crippen LogP contribution in [0.2, 0.25) is 0 Å². The molecule has 0 saturated heterocycles. The zero-order valence-electron chi connectivity index (χ0n) is 10.6. The lowest BCUT2D eigenvalue weighted by atomic mass is 10.1. The van der Waals surface area contributed by atoms with E-state index in [1.807, 2.05) is 6.07 Å². The third kappa shape index (κ3) is 2.95. The Balaban J connectivity index is 2.33. The Morgan fingerprint density at radius 3 is 2.95 bits per heavy atom. The van der Waals surface area contributed by atoms with Crippen molar-refractivity contribution in [2.45, 2.75) is 0 Å². The number of nitrogens with one attached hydrogen (secondary N) is 1. The van der Waals surface area contributed by atoms with Crippen LogP contribution in [0.3, 0.4) is 0 Å². The van der Waals surface area contributed by atoms with Crippen molar-refractivity contribution < 1.29 is 9.53 Å². The molecule has 6 heteroatoms. The number of nitrogens with zero attached hydrogens (tertiary/aromatic N) is 2. The first-order valence-corrected chi connectivity index (χ1v) is 6.44. The van der Waals surface area contributed by atoms with Crippen molar-refractivity contribution >= 4 is 27.5 Å². The van der Waals surface area contributed by atoms with E-state index in [9.17, 15) is 4.79 Å². The molecule has 0 radical (unpaired) electrons. The summed E-state index contributed by atoms with van der Waals surface area (Å²) in [4.78, 5) is 16.1. The number of aromatic nitrogens is 1. The topological polar surface area (TPSA) is 75.0 Å². The van der Waals surface area contributed by atoms with E-state index < -0.39 is 5.91 Å². The summed E-state index contributed by atoms with van der Waals surface area (Å²) in [6.45, 7) is 0. The average molecular weight is 332 g/mol. The predicted octanol–water partition coefficient (Wildman–Crippen LogP) is 2.98. The van der Waals surface area contributed by atoms with Gasteiger partial charge in [-0.3, -0.25) is 9.78 Å². The van der Waals surface area contributed by atoms with Gasteiger partial charge >= 0.3 is 0 Å². The van der Waals surface area contributed by atoms with Crippen LogP contribution >= 0.6 is 15.9 Å². The molecule has 0 spiro atoms. The van der Waals surface area contributed by atoms with Crippen molar-refractivity contribution in [3.63, 3.8) is 0 Å². The van der Waals surface area contributed by atoms with Crippen LogP contribution in [0.5, 0.6) is 5.75 Å². The van der Waals surface area contributed by atoms with Gasteiger partial charge in [-0.05, 0) is 24.3 Å². The lowest BCUT2D eigenvalue weighted by molar-refractivity contribution is 0.102. The summed E-state index contributed by atoms with van der Waals surface area (Å²) in [6, 6.07) is 8.71. The first-order valence-electron chi connectivity index (χ1n) is 5.64. The maximum Gasteiger partial charge on any atom is 0.258 e. The number of anilines is 1. The molecule has 0 saturated carbocycles. The summed E-state index contributed by atoms with van der Waals surface area (Å²) in [7, 11) is 1.52. The van der Waals surface area contributed by atoms with Crippen molar-refractivity contribution in [1.29, 1.82) is 5.26 Å². The molecular weight excluding hydrogens is 322 g/mol. The van der Waals surface area contributed by atoms with Crippen LogP contribution in [0.1, 0.15) is 15.9 Å². The van der Waals surface area contributed by atoms with Crippen molar-refractivity contribution in [2.75, 3.05) is 12.4 Å². The smallest absolute Gasteiger partial charge is 0.258 e. The molecule has 1 N–H and O–H groups in total. The van der Waals surface area contributed by atoms with E-state index in [0.29, 0.717) is 11.4 Å². The number of pyridine rings is 1. The number of benzene rings is 1. The summed E-state index contributed by atoms with van der Waals surface area (Å²) in [5.74, 6) is 0.120. The Morgan fingerprint density at radius 1 is 1.45 bits per heavy atom. The first-order chi connectivity index (χ1) is 9.65. The summed E-state index contributed by atoms with van der Waals surface area (Å²) in [5, 5.41) is 11.7. The normalized spacial score (nSPS) is 9.65. The second kappa shape index (κ2) is 6.17. The van der Waals surface area contributed by atoms with Gasteiger partial charge in [0.25, 0.3) is 5.91 Å². The number of nitriles is 1. The van der Waals surface area contributed by atoms with Gasteiger partial charge in [-0.2, -0.15) is 5.26 Å². The van der Waals surface area contributed by atoms with Gasteiger partial charge in [-0.15, -0.1) is 0 Å². The monoisotopic (exact) mass is 331 g/mol. The molecule has 100 valence electrons. The molecule has 1 aromatic carbocycles. The summed E-state index contributed by atoms with van der Waals surface area (Å²) >= 11 is 3.33. The van der Waals surface area contributed by atoms with Gasteiger partial charge in [0.05, 0.1) is 23.9 Å². The quantitative estimate of drug-likeness (QED) is 0.938. The van der Waals surface area contributed by atoms with Crippen LogP contribution in [-0.2, 0) is 0 Å². The molecule has 0 bridgehead atoms. The Labute approximate surface area is 124 Å². The highest BCUT2D eigenvalue weighted by Crippen LogP contribution is 2.28. The van der Waals surface area contributed by atoms with Gasteiger partial charge < -0.3 is 10.1 Å². The van der Waals surface area contributed by atoms with Crippen LogP contribution in [0.25, 0.3) is 0 Å². The fourth-order valence-electron chi connectivity index (χ4n) is 1.64. The molecule has 1 aromatic heterocycles. The van der Waals surface area contributed by atoms with Gasteiger partial charge in [0.15, 0.2) is 0 Å². The van der Waals surface area contributed by atoms with Crippen molar-refractivity contribution in [1.82, 2.24) is 4.98 Å². The molecule has 2 aromatic rings. The Hall–Kier alpha value is -2.39. The van der Waals surface area contributed by atoms with E-state index in [4.69, 9.17) is 10.00 Å². The summed E-state index contributed by atoms with van der Waals surface area (Å²) in [5.41, 5.74) is 1.00. The van der Waals surface area contributed by atoms with E-state index in [0.717, 1.165) is 4.47 Å². The molecule has 1 heterocycles. The molecule has 0 unspecified atom stereocenters. The number of methoxy groups -OCH3 is 1. The van der Waals surface area contributed by atoms with Gasteiger partial charge in [-0.25, -0.2) is 0 Å². The number of hydrogen-bond acceptors (Lipinski definition) is 4. The van der Waals surface area contributed by atoms with Crippen LogP contribution < -0.4 is 10.1 Å². The van der Waals surface area contributed by atoms with Gasteiger partial charge in [0, 0.05) is 16.9 Å². The standard InChI is InChI=1S/C14H10BrN3O2/c1-20-13-3-2-10(15)6-12(13)18-14(19)11-8-17-5-4-9(11)7-16/h2-6,8H,1H3,(H,18,19). The molecule has 2 rings (SSSR count). The maximum absolute atomic E-state index is 12.2. The minimum atomic E-state index is -0.411. The molecule has 0 aliphatic heterocycles. The van der Waals surface area contributed by atoms with Crippen molar-refractivity contribution in [2.24, 2.45) is 0 Å². The highest BCUT2D eigenvalue weighted by Gasteiger charge is 2.14. The molecule has 20 heavy (non-hydrogen) atoms. The second-order valence-corrected chi connectivity index (χ2v) is 4.75. The third-order valence-electron chi connectivity index (χ3n) is 2.60. The van der Waals surface area contributed by atoms with E-state index >= 15 is 0 Å². The Bertz CT molecular complexity index is 695. The highest BCUT2D eigenvalue weighted by molar-refractivity contribution is 9.10. The van der Waals surface area contributed by atoms with Crippen LogP contribution in [0.15, 0.2) is 41.1 Å². The maximum atomic E-state index is 12.2. The number of rotatable bonds is 3. The minimum Gasteiger partial charge on any atom is -0.495 e. The van der Waals surface area contributed by atoms with Crippen LogP contribution in [0.4, 0.5) is 5.69 Å². The van der Waals surface area contributed by atoms with Gasteiger partial charge in [0.1, 0.15) is 11.8 Å². The largest absolute Gasteiger partial charge is 0.495 e. The summed E-state index contributed by atoms with van der Waals surface area (Å²) < 4.78 is 5.98. The fraction of sp³-hybridized carbons (Fsp3) is 0.0714. The number of halogens is 1. The number of ether oxygens (including phenoxy) is 1. The van der Waals surface area contributed by atoms with Gasteiger partial charge in [0.2, 0.25) is 0 Å². The van der Waals surface area contributed by atoms with Crippen LogP contribution in [-0.4, -0.2) is 18.0 Å². The molecule has 0 aliphatic rings. The lowest BCUT2D eigenvalue weighted by Crippen LogP contribution is -2.14. The molecular formula is C14H10BrN3O2. The second-order valence-electron chi connectivity index (χ2n) is 3.83. The Morgan fingerprint density at radius 2 is 2.25 bits per heavy atom. The van der Waals surface area contributed by atoms with E-state index in [-0.39, 0.29) is 11.1 Å². The number of carbonyl (C=O) groups is 1. The van der Waals surface area contributed by atoms with Crippen molar-refractivity contribution in [3.8, 4) is 11.8 Å². The zero-order chi connectivity index (χ0) is 14.5. The van der Waals surface area contributed by atoms with E-state index in [1.54, 1.807) is 18.2 Å². The third-order valence-corrected chi connectivity index (χ3v) is 3.09. The first kappa shape index (κ1) is 14.0. The van der Waals surface area contributed by atoms with Gasteiger partial charge in [-0.1, -0.05) is 15.9 Å². The number of hydrogen-bond donors (Lipinski definition) is 1. The lowest BCUT2D eigenvalue weighted by Gasteiger charge is -2.11. The van der Waals surface area contributed by atoms with Crippen molar-refractivity contribution in [3.05, 3.63) is 52.3 Å². The SMILES string of the molecule is COc1ccc(Br)cc1NC(=O)c1cnccc1C#N. The summed E-state index contributed by atoms with van der Waals surface area (Å²) in [6.07, 6.45) is 2.83. The predicted molar refractivity (Wildman–Crippen MR) is 77.6 cm³/mol. The van der Waals surface area contributed by atoms with E-state index in [2.05, 4.69) is 26.2 Å². The van der Waals surface area contributed by atoms with Crippen LogP contribution in [0, 0.1) is 11.3 Å².